The van der Waals surface area contributed by atoms with Gasteiger partial charge in [-0.25, -0.2) is 5.09 Å². The minimum Gasteiger partial charge on any atom is -0.296 e. The molecule has 0 saturated heterocycles. The fourth-order valence-corrected chi connectivity index (χ4v) is 9.13. The number of hydrogen-bond donors (Lipinski definition) is 1. The molecule has 1 N–H and O–H groups in total. The van der Waals surface area contributed by atoms with Crippen molar-refractivity contribution in [3.05, 3.63) is 151 Å². The molecule has 2 nitrogen and oxygen atoms in total. The maximum Gasteiger partial charge on any atom is 0.205 e. The Labute approximate surface area is 227 Å². The van der Waals surface area contributed by atoms with Gasteiger partial charge in [0.2, 0.25) is 7.29 Å². The third-order valence-electron chi connectivity index (χ3n) is 6.98. The van der Waals surface area contributed by atoms with Crippen LogP contribution in [0.15, 0.2) is 140 Å². The lowest BCUT2D eigenvalue weighted by atomic mass is 9.97. The SMILES string of the molecule is C[Si](C)(C)c1ccccc1[C@H](NP(=O)(c1ccccc1)c1ccccc1)c1ccc(-c2ccccc2)cc1. The molecule has 5 rings (SSSR count). The molecule has 0 bridgehead atoms. The van der Waals surface area contributed by atoms with Crippen molar-refractivity contribution in [2.45, 2.75) is 25.7 Å². The molecule has 0 radical (unpaired) electrons. The molecule has 0 saturated carbocycles. The normalized spacial score (nSPS) is 12.7. The van der Waals surface area contributed by atoms with Crippen molar-refractivity contribution in [3.8, 4) is 11.1 Å². The van der Waals surface area contributed by atoms with E-state index in [1.807, 2.05) is 66.7 Å². The highest BCUT2D eigenvalue weighted by atomic mass is 31.2. The molecule has 4 heteroatoms. The van der Waals surface area contributed by atoms with Gasteiger partial charge >= 0.3 is 0 Å². The minimum atomic E-state index is -3.19. The highest BCUT2D eigenvalue weighted by Crippen LogP contribution is 2.43. The average molecular weight is 532 g/mol. The molecule has 0 fully saturated rings. The third kappa shape index (κ3) is 5.51. The fourth-order valence-electron chi connectivity index (χ4n) is 5.01. The Morgan fingerprint density at radius 1 is 0.553 bits per heavy atom. The van der Waals surface area contributed by atoms with Gasteiger partial charge in [-0.05, 0) is 46.5 Å². The molecule has 0 aliphatic heterocycles. The molecule has 0 unspecified atom stereocenters. The quantitative estimate of drug-likeness (QED) is 0.166. The van der Waals surface area contributed by atoms with Gasteiger partial charge in [-0.3, -0.25) is 4.57 Å². The largest absolute Gasteiger partial charge is 0.296 e. The van der Waals surface area contributed by atoms with Crippen LogP contribution in [-0.2, 0) is 4.57 Å². The van der Waals surface area contributed by atoms with Crippen LogP contribution in [0.25, 0.3) is 11.1 Å². The fraction of sp³-hybridized carbons (Fsp3) is 0.118. The highest BCUT2D eigenvalue weighted by Gasteiger charge is 2.33. The molecule has 5 aromatic rings. The maximum atomic E-state index is 15.1. The van der Waals surface area contributed by atoms with E-state index < -0.39 is 15.4 Å². The Morgan fingerprint density at radius 2 is 1.00 bits per heavy atom. The van der Waals surface area contributed by atoms with E-state index in [1.54, 1.807) is 0 Å². The van der Waals surface area contributed by atoms with Crippen LogP contribution < -0.4 is 20.9 Å². The summed E-state index contributed by atoms with van der Waals surface area (Å²) in [5, 5.41) is 6.73. The molecule has 1 atom stereocenters. The Morgan fingerprint density at radius 3 is 1.53 bits per heavy atom. The second-order valence-corrected chi connectivity index (χ2v) is 18.2. The van der Waals surface area contributed by atoms with Gasteiger partial charge in [0.1, 0.15) is 0 Å². The summed E-state index contributed by atoms with van der Waals surface area (Å²) in [6.45, 7) is 7.11. The highest BCUT2D eigenvalue weighted by molar-refractivity contribution is 7.76. The third-order valence-corrected chi connectivity index (χ3v) is 11.7. The molecule has 0 aliphatic rings. The van der Waals surface area contributed by atoms with Crippen molar-refractivity contribution >= 4 is 31.2 Å². The van der Waals surface area contributed by atoms with Crippen molar-refractivity contribution in [3.63, 3.8) is 0 Å². The van der Waals surface area contributed by atoms with Crippen molar-refractivity contribution in [1.82, 2.24) is 5.09 Å². The van der Waals surface area contributed by atoms with Gasteiger partial charge < -0.3 is 0 Å². The van der Waals surface area contributed by atoms with Crippen LogP contribution >= 0.6 is 7.29 Å². The summed E-state index contributed by atoms with van der Waals surface area (Å²) in [6, 6.07) is 47.3. The molecular formula is C34H34NOPSi. The van der Waals surface area contributed by atoms with Gasteiger partial charge in [-0.1, -0.05) is 140 Å². The summed E-state index contributed by atoms with van der Waals surface area (Å²) >= 11 is 0. The van der Waals surface area contributed by atoms with Gasteiger partial charge in [0.15, 0.2) is 0 Å². The van der Waals surface area contributed by atoms with E-state index in [0.717, 1.165) is 16.2 Å². The van der Waals surface area contributed by atoms with Gasteiger partial charge in [0.25, 0.3) is 0 Å². The standard InChI is InChI=1S/C34H34NOPSi/c1-38(2,3)33-22-14-13-21-32(33)34(29-25-23-28(24-26-29)27-15-7-4-8-16-27)35-37(36,30-17-9-5-10-18-30)31-19-11-6-12-20-31/h4-26,34H,1-3H3,(H,35,36)/t34-/m1/s1. The smallest absolute Gasteiger partial charge is 0.205 e. The first-order valence-corrected chi connectivity index (χ1v) is 18.3. The first kappa shape index (κ1) is 26.1. The molecule has 0 aliphatic carbocycles. The van der Waals surface area contributed by atoms with E-state index in [-0.39, 0.29) is 6.04 Å². The van der Waals surface area contributed by atoms with Gasteiger partial charge in [0.05, 0.1) is 14.1 Å². The van der Waals surface area contributed by atoms with Crippen LogP contribution in [0.5, 0.6) is 0 Å². The van der Waals surface area contributed by atoms with Gasteiger partial charge in [-0.2, -0.15) is 0 Å². The van der Waals surface area contributed by atoms with Crippen LogP contribution in [0, 0.1) is 0 Å². The molecule has 0 aromatic heterocycles. The number of hydrogen-bond acceptors (Lipinski definition) is 1. The monoisotopic (exact) mass is 531 g/mol. The van der Waals surface area contributed by atoms with Crippen LogP contribution in [-0.4, -0.2) is 8.07 Å². The predicted molar refractivity (Wildman–Crippen MR) is 166 cm³/mol. The van der Waals surface area contributed by atoms with Gasteiger partial charge in [-0.15, -0.1) is 0 Å². The molecular weight excluding hydrogens is 497 g/mol. The van der Waals surface area contributed by atoms with Crippen molar-refractivity contribution in [2.75, 3.05) is 0 Å². The molecule has 5 aromatic carbocycles. The summed E-state index contributed by atoms with van der Waals surface area (Å²) < 4.78 is 15.1. The van der Waals surface area contributed by atoms with Crippen LogP contribution in [0.2, 0.25) is 19.6 Å². The van der Waals surface area contributed by atoms with Crippen molar-refractivity contribution in [2.24, 2.45) is 0 Å². The van der Waals surface area contributed by atoms with Gasteiger partial charge in [0, 0.05) is 10.6 Å². The number of rotatable bonds is 8. The zero-order valence-corrected chi connectivity index (χ0v) is 24.1. The lowest BCUT2D eigenvalue weighted by Gasteiger charge is -2.31. The summed E-state index contributed by atoms with van der Waals surface area (Å²) in [4.78, 5) is 0. The van der Waals surface area contributed by atoms with Crippen LogP contribution in [0.1, 0.15) is 17.2 Å². The summed E-state index contributed by atoms with van der Waals surface area (Å²) in [5.41, 5.74) is 4.65. The second kappa shape index (κ2) is 11.1. The molecule has 0 spiro atoms. The molecule has 190 valence electrons. The van der Waals surface area contributed by atoms with Crippen LogP contribution in [0.3, 0.4) is 0 Å². The van der Waals surface area contributed by atoms with E-state index in [2.05, 4.69) is 97.5 Å². The first-order valence-electron chi connectivity index (χ1n) is 13.1. The summed E-state index contributed by atoms with van der Waals surface area (Å²) in [7, 11) is -4.89. The van der Waals surface area contributed by atoms with Crippen molar-refractivity contribution in [1.29, 1.82) is 0 Å². The first-order chi connectivity index (χ1) is 18.4. The Kier molecular flexibility index (Phi) is 7.62. The number of nitrogens with one attached hydrogen (secondary N) is 1. The molecule has 0 amide bonds. The van der Waals surface area contributed by atoms with E-state index in [1.165, 1.54) is 21.9 Å². The van der Waals surface area contributed by atoms with E-state index >= 15 is 4.57 Å². The van der Waals surface area contributed by atoms with E-state index in [4.69, 9.17) is 0 Å². The average Bonchev–Trinajstić information content (AvgIpc) is 2.97. The Balaban J connectivity index is 1.67. The second-order valence-electron chi connectivity index (χ2n) is 10.7. The molecule has 0 heterocycles. The maximum absolute atomic E-state index is 15.1. The van der Waals surface area contributed by atoms with E-state index in [9.17, 15) is 0 Å². The zero-order valence-electron chi connectivity index (χ0n) is 22.2. The minimum absolute atomic E-state index is 0.242. The lowest BCUT2D eigenvalue weighted by molar-refractivity contribution is 0.572. The van der Waals surface area contributed by atoms with Crippen molar-refractivity contribution < 1.29 is 4.57 Å². The number of benzene rings is 5. The Bertz CT molecular complexity index is 1490. The summed E-state index contributed by atoms with van der Waals surface area (Å²) in [5.74, 6) is 0. The van der Waals surface area contributed by atoms with E-state index in [0.29, 0.717) is 0 Å². The Hall–Kier alpha value is -3.49. The summed E-state index contributed by atoms with van der Waals surface area (Å²) in [6.07, 6.45) is 0. The molecule has 38 heavy (non-hydrogen) atoms. The topological polar surface area (TPSA) is 29.1 Å². The lowest BCUT2D eigenvalue weighted by Crippen LogP contribution is -2.43. The predicted octanol–water partition coefficient (Wildman–Crippen LogP) is 7.51. The van der Waals surface area contributed by atoms with Crippen LogP contribution in [0.4, 0.5) is 0 Å². The zero-order chi connectivity index (χ0) is 26.6.